The summed E-state index contributed by atoms with van der Waals surface area (Å²) in [4.78, 5) is 12.4. The van der Waals surface area contributed by atoms with Crippen molar-refractivity contribution in [1.29, 1.82) is 0 Å². The summed E-state index contributed by atoms with van der Waals surface area (Å²) in [6.07, 6.45) is 3.97. The summed E-state index contributed by atoms with van der Waals surface area (Å²) in [5.41, 5.74) is -0.0957. The topological polar surface area (TPSA) is 38.3 Å². The van der Waals surface area contributed by atoms with Crippen LogP contribution in [0.5, 0.6) is 0 Å². The van der Waals surface area contributed by atoms with Crippen molar-refractivity contribution in [3.05, 3.63) is 0 Å². The Labute approximate surface area is 116 Å². The molecule has 0 aliphatic carbocycles. The fourth-order valence-corrected chi connectivity index (χ4v) is 4.30. The van der Waals surface area contributed by atoms with Crippen LogP contribution in [0, 0.1) is 0 Å². The normalized spacial score (nSPS) is 32.4. The number of nitrogens with one attached hydrogen (secondary N) is 1. The predicted molar refractivity (Wildman–Crippen MR) is 74.8 cm³/mol. The standard InChI is InChI=1S/C12H20BrNO2S/c1-11(3-2-8-17-11)10(15)14-12(9-13)4-6-16-7-5-12/h2-9H2,1H3,(H,14,15). The molecule has 2 aliphatic rings. The van der Waals surface area contributed by atoms with E-state index in [2.05, 4.69) is 28.2 Å². The van der Waals surface area contributed by atoms with Crippen LogP contribution in [0.1, 0.15) is 32.6 Å². The molecule has 2 aliphatic heterocycles. The molecule has 0 aromatic carbocycles. The zero-order valence-electron chi connectivity index (χ0n) is 10.3. The number of halogens is 1. The molecular formula is C12H20BrNO2S. The summed E-state index contributed by atoms with van der Waals surface area (Å²) in [5.74, 6) is 1.32. The van der Waals surface area contributed by atoms with Crippen LogP contribution in [0.3, 0.4) is 0 Å². The van der Waals surface area contributed by atoms with Crippen LogP contribution < -0.4 is 5.32 Å². The van der Waals surface area contributed by atoms with Gasteiger partial charge in [0.25, 0.3) is 0 Å². The first-order valence-electron chi connectivity index (χ1n) is 6.21. The minimum absolute atomic E-state index is 0.0957. The van der Waals surface area contributed by atoms with Crippen LogP contribution in [-0.2, 0) is 9.53 Å². The molecule has 17 heavy (non-hydrogen) atoms. The number of hydrogen-bond donors (Lipinski definition) is 1. The quantitative estimate of drug-likeness (QED) is 0.811. The highest BCUT2D eigenvalue weighted by Crippen LogP contribution is 2.38. The number of ether oxygens (including phenoxy) is 1. The highest BCUT2D eigenvalue weighted by atomic mass is 79.9. The van der Waals surface area contributed by atoms with E-state index in [4.69, 9.17) is 4.74 Å². The summed E-state index contributed by atoms with van der Waals surface area (Å²) in [6, 6.07) is 0. The van der Waals surface area contributed by atoms with E-state index in [-0.39, 0.29) is 16.2 Å². The van der Waals surface area contributed by atoms with Crippen LogP contribution >= 0.6 is 27.7 Å². The van der Waals surface area contributed by atoms with Crippen LogP contribution in [0.4, 0.5) is 0 Å². The van der Waals surface area contributed by atoms with Gasteiger partial charge in [-0.05, 0) is 38.4 Å². The number of alkyl halides is 1. The molecule has 2 rings (SSSR count). The number of thioether (sulfide) groups is 1. The van der Waals surface area contributed by atoms with E-state index in [0.29, 0.717) is 0 Å². The molecule has 2 saturated heterocycles. The zero-order chi connectivity index (χ0) is 12.4. The van der Waals surface area contributed by atoms with Crippen molar-refractivity contribution < 1.29 is 9.53 Å². The van der Waals surface area contributed by atoms with Crippen molar-refractivity contribution in [2.75, 3.05) is 24.3 Å². The maximum absolute atomic E-state index is 12.4. The van der Waals surface area contributed by atoms with Gasteiger partial charge in [0, 0.05) is 18.5 Å². The Morgan fingerprint density at radius 2 is 2.12 bits per heavy atom. The largest absolute Gasteiger partial charge is 0.381 e. The first-order valence-corrected chi connectivity index (χ1v) is 8.31. The number of carbonyl (C=O) groups is 1. The molecule has 0 spiro atoms. The minimum atomic E-state index is -0.215. The molecule has 1 N–H and O–H groups in total. The van der Waals surface area contributed by atoms with Crippen LogP contribution in [0.15, 0.2) is 0 Å². The first kappa shape index (κ1) is 13.7. The molecule has 2 fully saturated rings. The highest BCUT2D eigenvalue weighted by Gasteiger charge is 2.42. The lowest BCUT2D eigenvalue weighted by molar-refractivity contribution is -0.125. The third kappa shape index (κ3) is 2.99. The molecule has 2 heterocycles. The molecule has 1 unspecified atom stereocenters. The summed E-state index contributed by atoms with van der Waals surface area (Å²) >= 11 is 5.34. The molecule has 0 saturated carbocycles. The van der Waals surface area contributed by atoms with E-state index in [1.165, 1.54) is 0 Å². The van der Waals surface area contributed by atoms with Gasteiger partial charge in [-0.2, -0.15) is 0 Å². The molecule has 3 nitrogen and oxygen atoms in total. The highest BCUT2D eigenvalue weighted by molar-refractivity contribution is 9.09. The Morgan fingerprint density at radius 1 is 1.41 bits per heavy atom. The second-order valence-electron chi connectivity index (χ2n) is 5.16. The zero-order valence-corrected chi connectivity index (χ0v) is 12.7. The first-order chi connectivity index (χ1) is 8.10. The molecule has 0 bridgehead atoms. The molecule has 0 aromatic heterocycles. The van der Waals surface area contributed by atoms with Gasteiger partial charge in [0.05, 0.1) is 10.3 Å². The van der Waals surface area contributed by atoms with Crippen LogP contribution in [0.25, 0.3) is 0 Å². The summed E-state index contributed by atoms with van der Waals surface area (Å²) in [7, 11) is 0. The van der Waals surface area contributed by atoms with Gasteiger partial charge in [-0.25, -0.2) is 0 Å². The monoisotopic (exact) mass is 321 g/mol. The Morgan fingerprint density at radius 3 is 2.65 bits per heavy atom. The smallest absolute Gasteiger partial charge is 0.236 e. The number of hydrogen-bond acceptors (Lipinski definition) is 3. The van der Waals surface area contributed by atoms with Gasteiger partial charge >= 0.3 is 0 Å². The fourth-order valence-electron chi connectivity index (χ4n) is 2.39. The lowest BCUT2D eigenvalue weighted by atomic mass is 9.91. The van der Waals surface area contributed by atoms with E-state index < -0.39 is 0 Å². The maximum Gasteiger partial charge on any atom is 0.236 e. The van der Waals surface area contributed by atoms with Crippen molar-refractivity contribution in [3.63, 3.8) is 0 Å². The Balaban J connectivity index is 2.00. The van der Waals surface area contributed by atoms with Gasteiger partial charge in [-0.3, -0.25) is 4.79 Å². The van der Waals surface area contributed by atoms with Crippen LogP contribution in [0.2, 0.25) is 0 Å². The predicted octanol–water partition coefficient (Wildman–Crippen LogP) is 2.33. The Kier molecular flexibility index (Phi) is 4.42. The van der Waals surface area contributed by atoms with E-state index >= 15 is 0 Å². The van der Waals surface area contributed by atoms with Gasteiger partial charge in [0.1, 0.15) is 0 Å². The minimum Gasteiger partial charge on any atom is -0.381 e. The molecule has 98 valence electrons. The van der Waals surface area contributed by atoms with E-state index in [9.17, 15) is 4.79 Å². The second-order valence-corrected chi connectivity index (χ2v) is 7.32. The van der Waals surface area contributed by atoms with Gasteiger partial charge in [-0.15, -0.1) is 11.8 Å². The van der Waals surface area contributed by atoms with E-state index in [1.54, 1.807) is 11.8 Å². The number of rotatable bonds is 3. The molecule has 1 atom stereocenters. The third-order valence-corrected chi connectivity index (χ3v) is 6.38. The Bertz CT molecular complexity index is 286. The molecular weight excluding hydrogens is 302 g/mol. The van der Waals surface area contributed by atoms with Crippen molar-refractivity contribution >= 4 is 33.6 Å². The third-order valence-electron chi connectivity index (χ3n) is 3.78. The lowest BCUT2D eigenvalue weighted by Crippen LogP contribution is -2.57. The number of carbonyl (C=O) groups excluding carboxylic acids is 1. The van der Waals surface area contributed by atoms with Crippen LogP contribution in [-0.4, -0.2) is 40.5 Å². The van der Waals surface area contributed by atoms with Crippen molar-refractivity contribution in [1.82, 2.24) is 5.32 Å². The maximum atomic E-state index is 12.4. The van der Waals surface area contributed by atoms with Gasteiger partial charge in [-0.1, -0.05) is 15.9 Å². The average molecular weight is 322 g/mol. The van der Waals surface area contributed by atoms with E-state index in [0.717, 1.165) is 50.0 Å². The number of amides is 1. The fraction of sp³-hybridized carbons (Fsp3) is 0.917. The average Bonchev–Trinajstić information content (AvgIpc) is 2.79. The Hall–Kier alpha value is 0.260. The van der Waals surface area contributed by atoms with Gasteiger partial charge in [0.15, 0.2) is 0 Å². The van der Waals surface area contributed by atoms with Crippen molar-refractivity contribution in [2.24, 2.45) is 0 Å². The van der Waals surface area contributed by atoms with E-state index in [1.807, 2.05) is 0 Å². The molecule has 0 aromatic rings. The lowest BCUT2D eigenvalue weighted by Gasteiger charge is -2.38. The van der Waals surface area contributed by atoms with Crippen molar-refractivity contribution in [3.8, 4) is 0 Å². The molecule has 5 heteroatoms. The summed E-state index contributed by atoms with van der Waals surface area (Å²) in [5, 5.41) is 4.09. The summed E-state index contributed by atoms with van der Waals surface area (Å²) in [6.45, 7) is 3.56. The molecule has 0 radical (unpaired) electrons. The van der Waals surface area contributed by atoms with Gasteiger partial charge < -0.3 is 10.1 Å². The second kappa shape index (κ2) is 5.49. The van der Waals surface area contributed by atoms with Gasteiger partial charge in [0.2, 0.25) is 5.91 Å². The van der Waals surface area contributed by atoms with Crippen molar-refractivity contribution in [2.45, 2.75) is 42.9 Å². The molecule has 1 amide bonds. The summed E-state index contributed by atoms with van der Waals surface area (Å²) < 4.78 is 5.17. The SMILES string of the molecule is CC1(C(=O)NC2(CBr)CCOCC2)CCCS1.